The highest BCUT2D eigenvalue weighted by atomic mass is 32.2. The Hall–Kier alpha value is -0.920. The fourth-order valence-corrected chi connectivity index (χ4v) is 3.54. The van der Waals surface area contributed by atoms with Crippen molar-refractivity contribution in [3.05, 3.63) is 11.4 Å². The third-order valence-electron chi connectivity index (χ3n) is 3.19. The molecule has 1 unspecified atom stereocenters. The van der Waals surface area contributed by atoms with Gasteiger partial charge < -0.3 is 5.32 Å². The molecule has 1 aromatic heterocycles. The minimum Gasteiger partial charge on any atom is -0.316 e. The molecule has 6 nitrogen and oxygen atoms in total. The van der Waals surface area contributed by atoms with Crippen LogP contribution in [0.15, 0.2) is 4.90 Å². The molecule has 0 aliphatic carbocycles. The lowest BCUT2D eigenvalue weighted by Gasteiger charge is -2.12. The monoisotopic (exact) mass is 302 g/mol. The Morgan fingerprint density at radius 3 is 2.35 bits per heavy atom. The van der Waals surface area contributed by atoms with Crippen LogP contribution in [0.2, 0.25) is 0 Å². The summed E-state index contributed by atoms with van der Waals surface area (Å²) in [5, 5.41) is 7.35. The third kappa shape index (κ3) is 4.04. The smallest absolute Gasteiger partial charge is 0.244 e. The normalized spacial score (nSPS) is 13.9. The molecule has 0 aromatic carbocycles. The first-order valence-electron chi connectivity index (χ1n) is 6.90. The van der Waals surface area contributed by atoms with Gasteiger partial charge in [-0.05, 0) is 33.7 Å². The molecule has 0 radical (unpaired) electrons. The average Bonchev–Trinajstić information content (AvgIpc) is 2.61. The Morgan fingerprint density at radius 2 is 1.85 bits per heavy atom. The maximum absolute atomic E-state index is 12.4. The van der Waals surface area contributed by atoms with Crippen LogP contribution in [0, 0.1) is 19.8 Å². The highest BCUT2D eigenvalue weighted by Gasteiger charge is 2.24. The molecule has 1 rings (SSSR count). The highest BCUT2D eigenvalue weighted by molar-refractivity contribution is 7.89. The second kappa shape index (κ2) is 6.69. The molecule has 0 aliphatic rings. The van der Waals surface area contributed by atoms with Gasteiger partial charge in [-0.1, -0.05) is 13.8 Å². The Balaban J connectivity index is 3.03. The van der Waals surface area contributed by atoms with Crippen LogP contribution in [0.5, 0.6) is 0 Å². The summed E-state index contributed by atoms with van der Waals surface area (Å²) >= 11 is 0. The summed E-state index contributed by atoms with van der Waals surface area (Å²) in [6.45, 7) is 10.7. The lowest BCUT2D eigenvalue weighted by molar-refractivity contribution is 0.471. The van der Waals surface area contributed by atoms with E-state index in [1.54, 1.807) is 25.6 Å². The second-order valence-corrected chi connectivity index (χ2v) is 7.32. The van der Waals surface area contributed by atoms with Crippen molar-refractivity contribution in [3.8, 4) is 0 Å². The fourth-order valence-electron chi connectivity index (χ4n) is 2.00. The van der Waals surface area contributed by atoms with Gasteiger partial charge in [-0.2, -0.15) is 5.10 Å². The van der Waals surface area contributed by atoms with Crippen molar-refractivity contribution in [1.29, 1.82) is 0 Å². The van der Waals surface area contributed by atoms with Crippen LogP contribution in [-0.2, 0) is 16.6 Å². The van der Waals surface area contributed by atoms with Crippen molar-refractivity contribution in [2.24, 2.45) is 5.92 Å². The maximum Gasteiger partial charge on any atom is 0.244 e. The van der Waals surface area contributed by atoms with Gasteiger partial charge >= 0.3 is 0 Å². The molecule has 1 heterocycles. The molecule has 0 saturated heterocycles. The fraction of sp³-hybridized carbons (Fsp3) is 0.769. The molecule has 0 saturated carbocycles. The standard InChI is InChI=1S/C13H26N4O2S/c1-9(2)8-17-12(5)13(11(4)16-17)20(18,19)15-7-10(3)14-6/h9-10,14-15H,7-8H2,1-6H3. The van der Waals surface area contributed by atoms with E-state index in [-0.39, 0.29) is 6.04 Å². The summed E-state index contributed by atoms with van der Waals surface area (Å²) in [6, 6.07) is 0.0797. The molecule has 1 atom stereocenters. The highest BCUT2D eigenvalue weighted by Crippen LogP contribution is 2.20. The number of aryl methyl sites for hydroxylation is 1. The topological polar surface area (TPSA) is 76.0 Å². The van der Waals surface area contributed by atoms with Crippen LogP contribution in [0.1, 0.15) is 32.2 Å². The van der Waals surface area contributed by atoms with Crippen molar-refractivity contribution in [2.75, 3.05) is 13.6 Å². The van der Waals surface area contributed by atoms with Gasteiger partial charge in [-0.15, -0.1) is 0 Å². The molecular weight excluding hydrogens is 276 g/mol. The predicted octanol–water partition coefficient (Wildman–Crippen LogP) is 1.04. The molecular formula is C13H26N4O2S. The molecule has 116 valence electrons. The molecule has 0 amide bonds. The third-order valence-corrected chi connectivity index (χ3v) is 4.87. The predicted molar refractivity (Wildman–Crippen MR) is 80.2 cm³/mol. The summed E-state index contributed by atoms with van der Waals surface area (Å²) < 4.78 is 29.2. The van der Waals surface area contributed by atoms with Gasteiger partial charge in [-0.3, -0.25) is 4.68 Å². The number of likely N-dealkylation sites (N-methyl/N-ethyl adjacent to an activating group) is 1. The van der Waals surface area contributed by atoms with Crippen LogP contribution < -0.4 is 10.0 Å². The van der Waals surface area contributed by atoms with Crippen molar-refractivity contribution in [3.63, 3.8) is 0 Å². The van der Waals surface area contributed by atoms with E-state index in [1.165, 1.54) is 0 Å². The largest absolute Gasteiger partial charge is 0.316 e. The molecule has 0 fully saturated rings. The van der Waals surface area contributed by atoms with Crippen LogP contribution in [0.3, 0.4) is 0 Å². The Morgan fingerprint density at radius 1 is 1.25 bits per heavy atom. The van der Waals surface area contributed by atoms with E-state index in [0.717, 1.165) is 6.54 Å². The lowest BCUT2D eigenvalue weighted by atomic mass is 10.2. The summed E-state index contributed by atoms with van der Waals surface area (Å²) in [5.74, 6) is 0.417. The van der Waals surface area contributed by atoms with Crippen molar-refractivity contribution >= 4 is 10.0 Å². The first kappa shape index (κ1) is 17.1. The molecule has 0 spiro atoms. The van der Waals surface area contributed by atoms with Crippen LogP contribution in [-0.4, -0.2) is 37.8 Å². The Kier molecular flexibility index (Phi) is 5.73. The van der Waals surface area contributed by atoms with E-state index in [2.05, 4.69) is 29.0 Å². The molecule has 7 heteroatoms. The minimum absolute atomic E-state index is 0.0797. The lowest BCUT2D eigenvalue weighted by Crippen LogP contribution is -2.37. The van der Waals surface area contributed by atoms with Gasteiger partial charge in [0.2, 0.25) is 10.0 Å². The molecule has 1 aromatic rings. The van der Waals surface area contributed by atoms with Crippen LogP contribution in [0.4, 0.5) is 0 Å². The van der Waals surface area contributed by atoms with E-state index in [9.17, 15) is 8.42 Å². The number of nitrogens with zero attached hydrogens (tertiary/aromatic N) is 2. The zero-order chi connectivity index (χ0) is 15.5. The summed E-state index contributed by atoms with van der Waals surface area (Å²) in [6.07, 6.45) is 0. The zero-order valence-corrected chi connectivity index (χ0v) is 14.0. The average molecular weight is 302 g/mol. The minimum atomic E-state index is -3.52. The van der Waals surface area contributed by atoms with Gasteiger partial charge in [0.15, 0.2) is 0 Å². The van der Waals surface area contributed by atoms with E-state index in [0.29, 0.717) is 28.7 Å². The summed E-state index contributed by atoms with van der Waals surface area (Å²) in [4.78, 5) is 0.307. The Labute approximate surface area is 122 Å². The number of rotatable bonds is 7. The molecule has 20 heavy (non-hydrogen) atoms. The first-order valence-corrected chi connectivity index (χ1v) is 8.38. The molecule has 0 aliphatic heterocycles. The van der Waals surface area contributed by atoms with E-state index < -0.39 is 10.0 Å². The van der Waals surface area contributed by atoms with E-state index >= 15 is 0 Å². The SMILES string of the molecule is CNC(C)CNS(=O)(=O)c1c(C)nn(CC(C)C)c1C. The van der Waals surface area contributed by atoms with Gasteiger partial charge in [0, 0.05) is 19.1 Å². The van der Waals surface area contributed by atoms with E-state index in [4.69, 9.17) is 0 Å². The van der Waals surface area contributed by atoms with Gasteiger partial charge in [0.05, 0.1) is 11.4 Å². The Bertz CT molecular complexity index is 549. The number of aromatic nitrogens is 2. The van der Waals surface area contributed by atoms with Crippen LogP contribution >= 0.6 is 0 Å². The number of nitrogens with one attached hydrogen (secondary N) is 2. The van der Waals surface area contributed by atoms with Crippen LogP contribution in [0.25, 0.3) is 0 Å². The number of hydrogen-bond donors (Lipinski definition) is 2. The number of sulfonamides is 1. The van der Waals surface area contributed by atoms with Crippen molar-refractivity contribution in [1.82, 2.24) is 19.8 Å². The summed E-state index contributed by atoms with van der Waals surface area (Å²) in [5.41, 5.74) is 1.24. The van der Waals surface area contributed by atoms with Gasteiger partial charge in [-0.25, -0.2) is 13.1 Å². The van der Waals surface area contributed by atoms with Gasteiger partial charge in [0.25, 0.3) is 0 Å². The van der Waals surface area contributed by atoms with Gasteiger partial charge in [0.1, 0.15) is 4.90 Å². The zero-order valence-electron chi connectivity index (χ0n) is 13.2. The molecule has 0 bridgehead atoms. The quantitative estimate of drug-likeness (QED) is 0.789. The van der Waals surface area contributed by atoms with Crippen molar-refractivity contribution in [2.45, 2.75) is 52.1 Å². The number of hydrogen-bond acceptors (Lipinski definition) is 4. The first-order chi connectivity index (χ1) is 9.19. The molecule has 2 N–H and O–H groups in total. The van der Waals surface area contributed by atoms with Crippen molar-refractivity contribution < 1.29 is 8.42 Å². The maximum atomic E-state index is 12.4. The van der Waals surface area contributed by atoms with E-state index in [1.807, 2.05) is 6.92 Å². The second-order valence-electron chi connectivity index (χ2n) is 5.62. The summed E-state index contributed by atoms with van der Waals surface area (Å²) in [7, 11) is -1.71.